The van der Waals surface area contributed by atoms with E-state index in [9.17, 15) is 14.4 Å². The fraction of sp³-hybridized carbons (Fsp3) is 0.609. The molecule has 2 amide bonds. The molecule has 8 nitrogen and oxygen atoms in total. The van der Waals surface area contributed by atoms with Crippen LogP contribution in [0.1, 0.15) is 45.1 Å². The van der Waals surface area contributed by atoms with Crippen molar-refractivity contribution in [2.45, 2.75) is 52.0 Å². The molecule has 2 heterocycles. The SMILES string of the molecule is CCOC(=O)CCN(CC1CCCN1CC)C(=O)COc1ccc2c(c1)CCC(=O)N2. The highest BCUT2D eigenvalue weighted by Crippen LogP contribution is 2.27. The average molecular weight is 432 g/mol. The fourth-order valence-corrected chi connectivity index (χ4v) is 4.24. The first-order valence-corrected chi connectivity index (χ1v) is 11.2. The minimum Gasteiger partial charge on any atom is -0.484 e. The topological polar surface area (TPSA) is 88.2 Å². The number of hydrogen-bond acceptors (Lipinski definition) is 6. The molecule has 3 rings (SSSR count). The van der Waals surface area contributed by atoms with Gasteiger partial charge in [0.1, 0.15) is 5.75 Å². The summed E-state index contributed by atoms with van der Waals surface area (Å²) in [6.07, 6.45) is 3.46. The number of benzene rings is 1. The third-order valence-corrected chi connectivity index (χ3v) is 5.91. The normalized spacial score (nSPS) is 18.3. The molecule has 1 saturated heterocycles. The van der Waals surface area contributed by atoms with Gasteiger partial charge in [0.2, 0.25) is 5.91 Å². The second-order valence-electron chi connectivity index (χ2n) is 7.98. The van der Waals surface area contributed by atoms with Gasteiger partial charge in [0, 0.05) is 31.2 Å². The molecule has 2 aliphatic heterocycles. The van der Waals surface area contributed by atoms with E-state index in [0.29, 0.717) is 44.3 Å². The van der Waals surface area contributed by atoms with Crippen LogP contribution in [-0.4, -0.2) is 73.0 Å². The summed E-state index contributed by atoms with van der Waals surface area (Å²) in [6.45, 7) is 7.06. The summed E-state index contributed by atoms with van der Waals surface area (Å²) in [7, 11) is 0. The molecule has 1 fully saturated rings. The molecule has 1 unspecified atom stereocenters. The first kappa shape index (κ1) is 23.1. The lowest BCUT2D eigenvalue weighted by atomic mass is 10.0. The number of nitrogens with one attached hydrogen (secondary N) is 1. The Labute approximate surface area is 183 Å². The average Bonchev–Trinajstić information content (AvgIpc) is 3.22. The van der Waals surface area contributed by atoms with Gasteiger partial charge in [-0.05, 0) is 63.0 Å². The molecule has 0 aliphatic carbocycles. The molecule has 1 atom stereocenters. The van der Waals surface area contributed by atoms with E-state index in [0.717, 1.165) is 37.2 Å². The third-order valence-electron chi connectivity index (χ3n) is 5.91. The first-order chi connectivity index (χ1) is 15.0. The summed E-state index contributed by atoms with van der Waals surface area (Å²) in [5.74, 6) is 0.182. The molecule has 8 heteroatoms. The van der Waals surface area contributed by atoms with Gasteiger partial charge in [-0.2, -0.15) is 0 Å². The first-order valence-electron chi connectivity index (χ1n) is 11.2. The highest BCUT2D eigenvalue weighted by molar-refractivity contribution is 5.94. The smallest absolute Gasteiger partial charge is 0.307 e. The Hall–Kier alpha value is -2.61. The molecular formula is C23H33N3O5. The Balaban J connectivity index is 1.60. The van der Waals surface area contributed by atoms with Gasteiger partial charge in [0.15, 0.2) is 6.61 Å². The van der Waals surface area contributed by atoms with Crippen molar-refractivity contribution < 1.29 is 23.9 Å². The second-order valence-corrected chi connectivity index (χ2v) is 7.98. The van der Waals surface area contributed by atoms with E-state index in [-0.39, 0.29) is 30.8 Å². The summed E-state index contributed by atoms with van der Waals surface area (Å²) in [6, 6.07) is 5.75. The van der Waals surface area contributed by atoms with Crippen LogP contribution in [0.25, 0.3) is 0 Å². The summed E-state index contributed by atoms with van der Waals surface area (Å²) >= 11 is 0. The van der Waals surface area contributed by atoms with E-state index in [1.54, 1.807) is 17.9 Å². The van der Waals surface area contributed by atoms with Gasteiger partial charge in [0.25, 0.3) is 5.91 Å². The van der Waals surface area contributed by atoms with Crippen LogP contribution in [0, 0.1) is 0 Å². The molecule has 0 aromatic heterocycles. The van der Waals surface area contributed by atoms with Crippen molar-refractivity contribution in [2.24, 2.45) is 0 Å². The Morgan fingerprint density at radius 2 is 2.10 bits per heavy atom. The van der Waals surface area contributed by atoms with Gasteiger partial charge in [-0.1, -0.05) is 6.92 Å². The zero-order chi connectivity index (χ0) is 22.2. The van der Waals surface area contributed by atoms with Crippen LogP contribution in [-0.2, 0) is 25.5 Å². The quantitative estimate of drug-likeness (QED) is 0.572. The molecule has 1 N–H and O–H groups in total. The lowest BCUT2D eigenvalue weighted by Crippen LogP contribution is -2.45. The van der Waals surface area contributed by atoms with Crippen molar-refractivity contribution in [1.29, 1.82) is 0 Å². The number of likely N-dealkylation sites (tertiary alicyclic amines) is 1. The molecule has 0 spiro atoms. The van der Waals surface area contributed by atoms with Crippen molar-refractivity contribution in [2.75, 3.05) is 44.7 Å². The fourth-order valence-electron chi connectivity index (χ4n) is 4.24. The number of anilines is 1. The van der Waals surface area contributed by atoms with Gasteiger partial charge in [-0.25, -0.2) is 0 Å². The number of esters is 1. The van der Waals surface area contributed by atoms with E-state index in [2.05, 4.69) is 17.1 Å². The van der Waals surface area contributed by atoms with Gasteiger partial charge in [-0.15, -0.1) is 0 Å². The maximum atomic E-state index is 13.0. The van der Waals surface area contributed by atoms with Gasteiger partial charge in [-0.3, -0.25) is 19.3 Å². The Morgan fingerprint density at radius 1 is 1.26 bits per heavy atom. The minimum absolute atomic E-state index is 0.0154. The number of rotatable bonds is 10. The molecule has 2 aliphatic rings. The molecule has 1 aromatic rings. The summed E-state index contributed by atoms with van der Waals surface area (Å²) in [4.78, 5) is 40.4. The third kappa shape index (κ3) is 6.43. The van der Waals surface area contributed by atoms with Gasteiger partial charge in [0.05, 0.1) is 13.0 Å². The zero-order valence-electron chi connectivity index (χ0n) is 18.5. The predicted octanol–water partition coefficient (Wildman–Crippen LogP) is 2.22. The van der Waals surface area contributed by atoms with Crippen molar-refractivity contribution in [3.63, 3.8) is 0 Å². The summed E-state index contributed by atoms with van der Waals surface area (Å²) in [5, 5.41) is 2.84. The van der Waals surface area contributed by atoms with Crippen LogP contribution in [0.15, 0.2) is 18.2 Å². The highest BCUT2D eigenvalue weighted by atomic mass is 16.5. The largest absolute Gasteiger partial charge is 0.484 e. The van der Waals surface area contributed by atoms with E-state index in [4.69, 9.17) is 9.47 Å². The number of carbonyl (C=O) groups is 3. The number of ether oxygens (including phenoxy) is 2. The Kier molecular flexibility index (Phi) is 8.28. The molecule has 31 heavy (non-hydrogen) atoms. The molecule has 1 aromatic carbocycles. The number of aryl methyl sites for hydroxylation is 1. The lowest BCUT2D eigenvalue weighted by molar-refractivity contribution is -0.144. The second kappa shape index (κ2) is 11.1. The lowest BCUT2D eigenvalue weighted by Gasteiger charge is -2.30. The minimum atomic E-state index is -0.295. The van der Waals surface area contributed by atoms with Crippen molar-refractivity contribution in [1.82, 2.24) is 9.80 Å². The summed E-state index contributed by atoms with van der Waals surface area (Å²) in [5.41, 5.74) is 1.81. The van der Waals surface area contributed by atoms with Crippen LogP contribution in [0.2, 0.25) is 0 Å². The Morgan fingerprint density at radius 3 is 2.87 bits per heavy atom. The molecule has 0 saturated carbocycles. The van der Waals surface area contributed by atoms with Crippen molar-refractivity contribution >= 4 is 23.5 Å². The number of fused-ring (bicyclic) bond motifs is 1. The van der Waals surface area contributed by atoms with Crippen LogP contribution >= 0.6 is 0 Å². The van der Waals surface area contributed by atoms with Crippen LogP contribution in [0.5, 0.6) is 5.75 Å². The highest BCUT2D eigenvalue weighted by Gasteiger charge is 2.27. The molecule has 0 bridgehead atoms. The number of carbonyl (C=O) groups excluding carboxylic acids is 3. The number of likely N-dealkylation sites (N-methyl/N-ethyl adjacent to an activating group) is 1. The summed E-state index contributed by atoms with van der Waals surface area (Å²) < 4.78 is 10.8. The van der Waals surface area contributed by atoms with Crippen molar-refractivity contribution in [3.05, 3.63) is 23.8 Å². The number of hydrogen-bond donors (Lipinski definition) is 1. The van der Waals surface area contributed by atoms with E-state index in [1.807, 2.05) is 12.1 Å². The van der Waals surface area contributed by atoms with E-state index >= 15 is 0 Å². The van der Waals surface area contributed by atoms with Crippen LogP contribution in [0.4, 0.5) is 5.69 Å². The molecular weight excluding hydrogens is 398 g/mol. The van der Waals surface area contributed by atoms with Crippen molar-refractivity contribution in [3.8, 4) is 5.75 Å². The molecule has 0 radical (unpaired) electrons. The van der Waals surface area contributed by atoms with Gasteiger partial charge >= 0.3 is 5.97 Å². The number of nitrogens with zero attached hydrogens (tertiary/aromatic N) is 2. The zero-order valence-corrected chi connectivity index (χ0v) is 18.5. The predicted molar refractivity (Wildman–Crippen MR) is 117 cm³/mol. The Bertz CT molecular complexity index is 797. The van der Waals surface area contributed by atoms with E-state index in [1.165, 1.54) is 0 Å². The van der Waals surface area contributed by atoms with Gasteiger partial charge < -0.3 is 19.7 Å². The maximum absolute atomic E-state index is 13.0. The van der Waals surface area contributed by atoms with E-state index < -0.39 is 0 Å². The maximum Gasteiger partial charge on any atom is 0.307 e. The van der Waals surface area contributed by atoms with Crippen LogP contribution < -0.4 is 10.1 Å². The molecule has 170 valence electrons. The standard InChI is InChI=1S/C23H33N3O5/c1-3-25-12-5-6-18(25)15-26(13-11-23(29)30-4-2)22(28)16-31-19-8-9-20-17(14-19)7-10-21(27)24-20/h8-9,14,18H,3-7,10-13,15-16H2,1-2H3,(H,24,27). The van der Waals surface area contributed by atoms with Crippen LogP contribution in [0.3, 0.4) is 0 Å². The number of amides is 2. The monoisotopic (exact) mass is 431 g/mol.